The zero-order valence-corrected chi connectivity index (χ0v) is 13.2. The SMILES string of the molecule is CCc1ccc(Cc2ccc(CNC3CC3)c(Cl)c2)nc1. The number of hydrogen-bond donors (Lipinski definition) is 1. The van der Waals surface area contributed by atoms with Gasteiger partial charge in [-0.05, 0) is 48.1 Å². The number of pyridine rings is 1. The Morgan fingerprint density at radius 3 is 2.62 bits per heavy atom. The Kier molecular flexibility index (Phi) is 4.57. The molecule has 3 heteroatoms. The maximum Gasteiger partial charge on any atom is 0.0453 e. The van der Waals surface area contributed by atoms with Crippen LogP contribution in [0.25, 0.3) is 0 Å². The third-order valence-corrected chi connectivity index (χ3v) is 4.31. The summed E-state index contributed by atoms with van der Waals surface area (Å²) in [6, 6.07) is 11.3. The summed E-state index contributed by atoms with van der Waals surface area (Å²) in [5.74, 6) is 0. The fourth-order valence-corrected chi connectivity index (χ4v) is 2.63. The quantitative estimate of drug-likeness (QED) is 0.867. The second-order valence-corrected chi connectivity index (χ2v) is 6.18. The summed E-state index contributed by atoms with van der Waals surface area (Å²) < 4.78 is 0. The third-order valence-electron chi connectivity index (χ3n) is 3.96. The number of nitrogens with zero attached hydrogens (tertiary/aromatic N) is 1. The average molecular weight is 301 g/mol. The normalized spacial score (nSPS) is 14.4. The summed E-state index contributed by atoms with van der Waals surface area (Å²) in [5.41, 5.74) is 4.76. The summed E-state index contributed by atoms with van der Waals surface area (Å²) in [7, 11) is 0. The lowest BCUT2D eigenvalue weighted by Crippen LogP contribution is -2.15. The van der Waals surface area contributed by atoms with Gasteiger partial charge in [0.05, 0.1) is 0 Å². The van der Waals surface area contributed by atoms with Crippen molar-refractivity contribution in [2.75, 3.05) is 0 Å². The maximum atomic E-state index is 6.39. The van der Waals surface area contributed by atoms with Crippen LogP contribution in [0.2, 0.25) is 5.02 Å². The summed E-state index contributed by atoms with van der Waals surface area (Å²) in [6.07, 6.45) is 6.43. The first kappa shape index (κ1) is 14.6. The lowest BCUT2D eigenvalue weighted by molar-refractivity contribution is 0.688. The number of aromatic nitrogens is 1. The van der Waals surface area contributed by atoms with Crippen molar-refractivity contribution in [3.63, 3.8) is 0 Å². The molecule has 1 aromatic carbocycles. The van der Waals surface area contributed by atoms with Crippen LogP contribution in [0.15, 0.2) is 36.5 Å². The highest BCUT2D eigenvalue weighted by molar-refractivity contribution is 6.31. The molecule has 0 radical (unpaired) electrons. The molecular weight excluding hydrogens is 280 g/mol. The van der Waals surface area contributed by atoms with Gasteiger partial charge in [-0.2, -0.15) is 0 Å². The fourth-order valence-electron chi connectivity index (χ4n) is 2.36. The van der Waals surface area contributed by atoms with Crippen molar-refractivity contribution in [1.29, 1.82) is 0 Å². The molecular formula is C18H21ClN2. The van der Waals surface area contributed by atoms with Crippen molar-refractivity contribution in [3.8, 4) is 0 Å². The predicted octanol–water partition coefficient (Wildman–Crippen LogP) is 4.14. The highest BCUT2D eigenvalue weighted by atomic mass is 35.5. The molecule has 110 valence electrons. The van der Waals surface area contributed by atoms with Gasteiger partial charge in [0.15, 0.2) is 0 Å². The van der Waals surface area contributed by atoms with Gasteiger partial charge in [-0.25, -0.2) is 0 Å². The van der Waals surface area contributed by atoms with Crippen LogP contribution in [-0.2, 0) is 19.4 Å². The first-order chi connectivity index (χ1) is 10.2. The van der Waals surface area contributed by atoms with Gasteiger partial charge in [0.2, 0.25) is 0 Å². The Morgan fingerprint density at radius 1 is 1.19 bits per heavy atom. The van der Waals surface area contributed by atoms with Gasteiger partial charge < -0.3 is 5.32 Å². The van der Waals surface area contributed by atoms with Crippen LogP contribution in [0.3, 0.4) is 0 Å². The van der Waals surface area contributed by atoms with E-state index in [0.717, 1.165) is 30.1 Å². The first-order valence-electron chi connectivity index (χ1n) is 7.69. The molecule has 0 amide bonds. The van der Waals surface area contributed by atoms with Crippen molar-refractivity contribution in [2.24, 2.45) is 0 Å². The van der Waals surface area contributed by atoms with Crippen LogP contribution in [-0.4, -0.2) is 11.0 Å². The summed E-state index contributed by atoms with van der Waals surface area (Å²) in [6.45, 7) is 3.01. The van der Waals surface area contributed by atoms with Crippen molar-refractivity contribution >= 4 is 11.6 Å². The van der Waals surface area contributed by atoms with Gasteiger partial charge in [-0.1, -0.05) is 36.7 Å². The molecule has 0 saturated heterocycles. The molecule has 1 aliphatic rings. The van der Waals surface area contributed by atoms with E-state index >= 15 is 0 Å². The first-order valence-corrected chi connectivity index (χ1v) is 8.07. The Morgan fingerprint density at radius 2 is 2.00 bits per heavy atom. The van der Waals surface area contributed by atoms with E-state index in [9.17, 15) is 0 Å². The van der Waals surface area contributed by atoms with E-state index in [2.05, 4.69) is 47.6 Å². The predicted molar refractivity (Wildman–Crippen MR) is 87.7 cm³/mol. The Bertz CT molecular complexity index is 603. The van der Waals surface area contributed by atoms with Gasteiger partial charge >= 0.3 is 0 Å². The summed E-state index contributed by atoms with van der Waals surface area (Å²) in [4.78, 5) is 4.51. The van der Waals surface area contributed by atoms with E-state index in [1.54, 1.807) is 0 Å². The standard InChI is InChI=1S/C18H21ClN2/c1-2-13-4-6-17(20-11-13)9-14-3-5-15(18(19)10-14)12-21-16-7-8-16/h3-6,10-11,16,21H,2,7-9,12H2,1H3. The zero-order valence-electron chi connectivity index (χ0n) is 12.4. The number of halogens is 1. The van der Waals surface area contributed by atoms with Crippen LogP contribution in [0.1, 0.15) is 42.1 Å². The molecule has 0 spiro atoms. The van der Waals surface area contributed by atoms with Crippen LogP contribution in [0, 0.1) is 0 Å². The molecule has 1 N–H and O–H groups in total. The highest BCUT2D eigenvalue weighted by Crippen LogP contribution is 2.23. The molecule has 1 aliphatic carbocycles. The van der Waals surface area contributed by atoms with Crippen molar-refractivity contribution in [1.82, 2.24) is 10.3 Å². The molecule has 21 heavy (non-hydrogen) atoms. The molecule has 0 bridgehead atoms. The average Bonchev–Trinajstić information content (AvgIpc) is 3.31. The Hall–Kier alpha value is -1.38. The third kappa shape index (κ3) is 4.05. The largest absolute Gasteiger partial charge is 0.310 e. The van der Waals surface area contributed by atoms with Crippen LogP contribution in [0.5, 0.6) is 0 Å². The lowest BCUT2D eigenvalue weighted by atomic mass is 10.1. The van der Waals surface area contributed by atoms with Gasteiger partial charge in [-0.3, -0.25) is 4.98 Å². The van der Waals surface area contributed by atoms with Crippen molar-refractivity contribution in [3.05, 3.63) is 63.9 Å². The minimum Gasteiger partial charge on any atom is -0.310 e. The molecule has 1 heterocycles. The molecule has 0 aliphatic heterocycles. The van der Waals surface area contributed by atoms with E-state index < -0.39 is 0 Å². The number of nitrogens with one attached hydrogen (secondary N) is 1. The van der Waals surface area contributed by atoms with Gasteiger partial charge in [-0.15, -0.1) is 0 Å². The second-order valence-electron chi connectivity index (χ2n) is 5.77. The van der Waals surface area contributed by atoms with E-state index in [4.69, 9.17) is 11.6 Å². The summed E-state index contributed by atoms with van der Waals surface area (Å²) >= 11 is 6.39. The maximum absolute atomic E-state index is 6.39. The van der Waals surface area contributed by atoms with Gasteiger partial charge in [0, 0.05) is 35.9 Å². The fraction of sp³-hybridized carbons (Fsp3) is 0.389. The van der Waals surface area contributed by atoms with Crippen LogP contribution in [0.4, 0.5) is 0 Å². The summed E-state index contributed by atoms with van der Waals surface area (Å²) in [5, 5.41) is 4.35. The molecule has 2 aromatic rings. The minimum atomic E-state index is 0.710. The zero-order chi connectivity index (χ0) is 14.7. The molecule has 3 rings (SSSR count). The molecule has 1 aromatic heterocycles. The van der Waals surface area contributed by atoms with E-state index in [1.165, 1.54) is 29.5 Å². The molecule has 0 unspecified atom stereocenters. The highest BCUT2D eigenvalue weighted by Gasteiger charge is 2.20. The topological polar surface area (TPSA) is 24.9 Å². The van der Waals surface area contributed by atoms with Gasteiger partial charge in [0.25, 0.3) is 0 Å². The van der Waals surface area contributed by atoms with Crippen molar-refractivity contribution < 1.29 is 0 Å². The molecule has 0 atom stereocenters. The van der Waals surface area contributed by atoms with E-state index in [1.807, 2.05) is 6.20 Å². The van der Waals surface area contributed by atoms with E-state index in [-0.39, 0.29) is 0 Å². The minimum absolute atomic E-state index is 0.710. The lowest BCUT2D eigenvalue weighted by Gasteiger charge is -2.08. The Labute approximate surface area is 131 Å². The monoisotopic (exact) mass is 300 g/mol. The van der Waals surface area contributed by atoms with Crippen LogP contribution < -0.4 is 5.32 Å². The van der Waals surface area contributed by atoms with Gasteiger partial charge in [0.1, 0.15) is 0 Å². The Balaban J connectivity index is 1.65. The van der Waals surface area contributed by atoms with Crippen LogP contribution >= 0.6 is 11.6 Å². The molecule has 1 fully saturated rings. The number of benzene rings is 1. The second kappa shape index (κ2) is 6.59. The number of hydrogen-bond acceptors (Lipinski definition) is 2. The molecule has 2 nitrogen and oxygen atoms in total. The van der Waals surface area contributed by atoms with E-state index in [0.29, 0.717) is 6.04 Å². The number of rotatable bonds is 6. The smallest absolute Gasteiger partial charge is 0.0453 e. The molecule has 1 saturated carbocycles. The number of aryl methyl sites for hydroxylation is 1. The van der Waals surface area contributed by atoms with Crippen molar-refractivity contribution in [2.45, 2.75) is 45.2 Å².